The molecule has 1 aliphatic heterocycles. The number of sulfonamides is 1. The molecule has 0 saturated heterocycles. The van der Waals surface area contributed by atoms with Gasteiger partial charge < -0.3 is 10.1 Å². The molecule has 0 aliphatic carbocycles. The number of carbonyl (C=O) groups is 1. The highest BCUT2D eigenvalue weighted by molar-refractivity contribution is 7.92. The monoisotopic (exact) mass is 472 g/mol. The fourth-order valence-corrected chi connectivity index (χ4v) is 5.36. The topological polar surface area (TPSA) is 75.7 Å². The molecule has 4 rings (SSSR count). The molecule has 0 aromatic heterocycles. The number of hydrogen-bond acceptors (Lipinski definition) is 4. The number of amides is 1. The maximum atomic E-state index is 13.3. The highest BCUT2D eigenvalue weighted by atomic mass is 32.2. The van der Waals surface area contributed by atoms with Crippen molar-refractivity contribution in [1.29, 1.82) is 0 Å². The Labute approximate surface area is 190 Å². The van der Waals surface area contributed by atoms with Gasteiger partial charge in [-0.1, -0.05) is 18.2 Å². The van der Waals surface area contributed by atoms with Crippen LogP contribution in [0.15, 0.2) is 65.6 Å². The fourth-order valence-electron chi connectivity index (χ4n) is 3.73. The Morgan fingerprint density at radius 1 is 1.06 bits per heavy atom. The molecule has 1 aliphatic rings. The summed E-state index contributed by atoms with van der Waals surface area (Å²) < 4.78 is 59.8. The Bertz CT molecular complexity index is 1310. The molecule has 1 heterocycles. The average Bonchev–Trinajstić information content (AvgIpc) is 2.80. The Balaban J connectivity index is 1.46. The first-order valence-electron chi connectivity index (χ1n) is 10.3. The van der Waals surface area contributed by atoms with Crippen LogP contribution in [-0.2, 0) is 21.2 Å². The van der Waals surface area contributed by atoms with E-state index < -0.39 is 27.6 Å². The Hall–Kier alpha value is -3.46. The third-order valence-corrected chi connectivity index (χ3v) is 7.17. The van der Waals surface area contributed by atoms with Crippen molar-refractivity contribution in [1.82, 2.24) is 0 Å². The van der Waals surface area contributed by atoms with Gasteiger partial charge in [0.25, 0.3) is 15.9 Å². The van der Waals surface area contributed by atoms with Crippen molar-refractivity contribution >= 4 is 27.3 Å². The maximum Gasteiger partial charge on any atom is 0.264 e. The molecule has 1 N–H and O–H groups in total. The van der Waals surface area contributed by atoms with Crippen LogP contribution >= 0.6 is 0 Å². The van der Waals surface area contributed by atoms with Gasteiger partial charge in [0.1, 0.15) is 5.75 Å². The van der Waals surface area contributed by atoms with Crippen LogP contribution in [0.1, 0.15) is 17.5 Å². The summed E-state index contributed by atoms with van der Waals surface area (Å²) in [5, 5.41) is 2.41. The summed E-state index contributed by atoms with van der Waals surface area (Å²) in [6.07, 6.45) is 1.57. The summed E-state index contributed by atoms with van der Waals surface area (Å²) in [4.78, 5) is 12.2. The molecule has 0 bridgehead atoms. The standard InChI is InChI=1S/C24H22F2N2O4S/c1-16-13-19(33(30,31)28-12-4-6-17-5-2-3-7-22(17)28)9-11-23(16)32-15-24(29)27-18-8-10-20(25)21(26)14-18/h2-3,5,7-11,13-14H,4,6,12,15H2,1H3,(H,27,29). The molecule has 33 heavy (non-hydrogen) atoms. The number of fused-ring (bicyclic) bond motifs is 1. The number of para-hydroxylation sites is 1. The third kappa shape index (κ3) is 4.83. The van der Waals surface area contributed by atoms with Crippen LogP contribution in [-0.4, -0.2) is 27.5 Å². The van der Waals surface area contributed by atoms with E-state index >= 15 is 0 Å². The van der Waals surface area contributed by atoms with Gasteiger partial charge in [-0.3, -0.25) is 9.10 Å². The van der Waals surface area contributed by atoms with Crippen molar-refractivity contribution in [2.45, 2.75) is 24.7 Å². The number of halogens is 2. The van der Waals surface area contributed by atoms with Gasteiger partial charge in [0, 0.05) is 18.3 Å². The number of benzene rings is 3. The zero-order chi connectivity index (χ0) is 23.6. The maximum absolute atomic E-state index is 13.3. The van der Waals surface area contributed by atoms with E-state index in [2.05, 4.69) is 5.32 Å². The van der Waals surface area contributed by atoms with E-state index in [1.54, 1.807) is 6.92 Å². The van der Waals surface area contributed by atoms with Crippen LogP contribution in [0.4, 0.5) is 20.2 Å². The highest BCUT2D eigenvalue weighted by Gasteiger charge is 2.29. The van der Waals surface area contributed by atoms with Crippen LogP contribution in [0.25, 0.3) is 0 Å². The lowest BCUT2D eigenvalue weighted by atomic mass is 10.0. The van der Waals surface area contributed by atoms with Gasteiger partial charge in [0.15, 0.2) is 18.2 Å². The number of hydrogen-bond donors (Lipinski definition) is 1. The summed E-state index contributed by atoms with van der Waals surface area (Å²) >= 11 is 0. The predicted octanol–water partition coefficient (Wildman–Crippen LogP) is 4.43. The van der Waals surface area contributed by atoms with Crippen LogP contribution in [0.2, 0.25) is 0 Å². The second kappa shape index (κ2) is 9.19. The Morgan fingerprint density at radius 2 is 1.85 bits per heavy atom. The van der Waals surface area contributed by atoms with E-state index in [4.69, 9.17) is 4.74 Å². The lowest BCUT2D eigenvalue weighted by molar-refractivity contribution is -0.118. The van der Waals surface area contributed by atoms with E-state index in [1.807, 2.05) is 24.3 Å². The Kier molecular flexibility index (Phi) is 6.33. The molecule has 6 nitrogen and oxygen atoms in total. The fraction of sp³-hybridized carbons (Fsp3) is 0.208. The van der Waals surface area contributed by atoms with E-state index in [-0.39, 0.29) is 17.2 Å². The highest BCUT2D eigenvalue weighted by Crippen LogP contribution is 2.33. The van der Waals surface area contributed by atoms with E-state index in [0.717, 1.165) is 30.5 Å². The number of anilines is 2. The summed E-state index contributed by atoms with van der Waals surface area (Å²) in [5.41, 5.74) is 2.33. The third-order valence-electron chi connectivity index (χ3n) is 5.36. The van der Waals surface area contributed by atoms with Gasteiger partial charge in [-0.2, -0.15) is 0 Å². The number of nitrogens with zero attached hydrogens (tertiary/aromatic N) is 1. The van der Waals surface area contributed by atoms with Crippen molar-refractivity contribution in [3.63, 3.8) is 0 Å². The van der Waals surface area contributed by atoms with Gasteiger partial charge >= 0.3 is 0 Å². The lowest BCUT2D eigenvalue weighted by Crippen LogP contribution is -2.35. The number of rotatable bonds is 6. The number of ether oxygens (including phenoxy) is 1. The van der Waals surface area contributed by atoms with Crippen LogP contribution in [0, 0.1) is 18.6 Å². The number of nitrogens with one attached hydrogen (secondary N) is 1. The van der Waals surface area contributed by atoms with Crippen LogP contribution in [0.3, 0.4) is 0 Å². The molecule has 0 atom stereocenters. The normalized spacial score (nSPS) is 13.4. The molecule has 1 amide bonds. The molecule has 172 valence electrons. The van der Waals surface area contributed by atoms with Crippen LogP contribution in [0.5, 0.6) is 5.75 Å². The van der Waals surface area contributed by atoms with Gasteiger partial charge in [-0.05, 0) is 67.3 Å². The molecule has 0 spiro atoms. The molecule has 0 saturated carbocycles. The molecule has 3 aromatic carbocycles. The molecule has 9 heteroatoms. The second-order valence-corrected chi connectivity index (χ2v) is 9.56. The number of carbonyl (C=O) groups excluding carboxylic acids is 1. The summed E-state index contributed by atoms with van der Waals surface area (Å²) in [6.45, 7) is 1.71. The van der Waals surface area contributed by atoms with Crippen LogP contribution < -0.4 is 14.4 Å². The van der Waals surface area contributed by atoms with Crippen molar-refractivity contribution in [3.05, 3.63) is 83.4 Å². The lowest BCUT2D eigenvalue weighted by Gasteiger charge is -2.30. The summed E-state index contributed by atoms with van der Waals surface area (Å²) in [6, 6.07) is 14.9. The zero-order valence-electron chi connectivity index (χ0n) is 17.8. The van der Waals surface area contributed by atoms with Gasteiger partial charge in [0.05, 0.1) is 10.6 Å². The summed E-state index contributed by atoms with van der Waals surface area (Å²) in [5.74, 6) is -2.31. The van der Waals surface area contributed by atoms with Gasteiger partial charge in [0.2, 0.25) is 0 Å². The van der Waals surface area contributed by atoms with Crippen molar-refractivity contribution in [2.75, 3.05) is 22.8 Å². The second-order valence-electron chi connectivity index (χ2n) is 7.70. The largest absolute Gasteiger partial charge is 0.483 e. The Morgan fingerprint density at radius 3 is 2.61 bits per heavy atom. The molecule has 0 radical (unpaired) electrons. The zero-order valence-corrected chi connectivity index (χ0v) is 18.7. The first kappa shape index (κ1) is 22.7. The molecule has 3 aromatic rings. The predicted molar refractivity (Wildman–Crippen MR) is 121 cm³/mol. The smallest absolute Gasteiger partial charge is 0.264 e. The average molecular weight is 473 g/mol. The molecule has 0 unspecified atom stereocenters. The van der Waals surface area contributed by atoms with E-state index in [9.17, 15) is 22.0 Å². The minimum atomic E-state index is -3.76. The van der Waals surface area contributed by atoms with Gasteiger partial charge in [-0.15, -0.1) is 0 Å². The van der Waals surface area contributed by atoms with E-state index in [0.29, 0.717) is 23.5 Å². The van der Waals surface area contributed by atoms with Gasteiger partial charge in [-0.25, -0.2) is 17.2 Å². The first-order chi connectivity index (χ1) is 15.8. The number of aryl methyl sites for hydroxylation is 2. The minimum Gasteiger partial charge on any atom is -0.483 e. The van der Waals surface area contributed by atoms with E-state index in [1.165, 1.54) is 28.6 Å². The SMILES string of the molecule is Cc1cc(S(=O)(=O)N2CCCc3ccccc32)ccc1OCC(=O)Nc1ccc(F)c(F)c1. The molecular weight excluding hydrogens is 450 g/mol. The molecular formula is C24H22F2N2O4S. The quantitative estimate of drug-likeness (QED) is 0.576. The molecule has 0 fully saturated rings. The van der Waals surface area contributed by atoms with Crippen molar-refractivity contribution < 1.29 is 26.7 Å². The minimum absolute atomic E-state index is 0.0995. The van der Waals surface area contributed by atoms with Crippen molar-refractivity contribution in [2.24, 2.45) is 0 Å². The first-order valence-corrected chi connectivity index (χ1v) is 11.8. The summed E-state index contributed by atoms with van der Waals surface area (Å²) in [7, 11) is -3.76. The van der Waals surface area contributed by atoms with Crippen molar-refractivity contribution in [3.8, 4) is 5.75 Å².